The number of aromatic amines is 1. The lowest BCUT2D eigenvalue weighted by molar-refractivity contribution is 0.408. The van der Waals surface area contributed by atoms with E-state index < -0.39 is 10.0 Å². The van der Waals surface area contributed by atoms with E-state index in [2.05, 4.69) is 13.7 Å². The van der Waals surface area contributed by atoms with E-state index in [0.29, 0.717) is 39.8 Å². The van der Waals surface area contributed by atoms with Gasteiger partial charge >= 0.3 is 0 Å². The largest absolute Gasteiger partial charge is 0.497 e. The lowest BCUT2D eigenvalue weighted by atomic mass is 10.1. The third kappa shape index (κ3) is 4.62. The Morgan fingerprint density at radius 3 is 2.61 bits per heavy atom. The van der Waals surface area contributed by atoms with Crippen molar-refractivity contribution in [3.05, 3.63) is 93.8 Å². The van der Waals surface area contributed by atoms with Crippen molar-refractivity contribution in [3.63, 3.8) is 0 Å². The van der Waals surface area contributed by atoms with Gasteiger partial charge in [-0.2, -0.15) is 13.1 Å². The van der Waals surface area contributed by atoms with E-state index in [9.17, 15) is 13.2 Å². The molecule has 2 aromatic heterocycles. The van der Waals surface area contributed by atoms with Crippen LogP contribution in [0.2, 0.25) is 0 Å². The molecule has 0 fully saturated rings. The van der Waals surface area contributed by atoms with Crippen molar-refractivity contribution < 1.29 is 13.2 Å². The lowest BCUT2D eigenvalue weighted by Crippen LogP contribution is -2.35. The molecule has 8 nitrogen and oxygen atoms in total. The van der Waals surface area contributed by atoms with Crippen LogP contribution in [0.5, 0.6) is 5.75 Å². The number of fused-ring (bicyclic) bond motifs is 2. The Bertz CT molecular complexity index is 1710. The number of benzene rings is 3. The number of methoxy groups -OCH3 is 1. The van der Waals surface area contributed by atoms with Gasteiger partial charge in [-0.1, -0.05) is 36.4 Å². The molecule has 0 saturated carbocycles. The predicted molar refractivity (Wildman–Crippen MR) is 141 cm³/mol. The number of pyridine rings is 1. The summed E-state index contributed by atoms with van der Waals surface area (Å²) in [5, 5.41) is 0.785. The molecule has 0 amide bonds. The minimum absolute atomic E-state index is 0.0835. The van der Waals surface area contributed by atoms with E-state index in [1.54, 1.807) is 44.4 Å². The molecule has 184 valence electrons. The summed E-state index contributed by atoms with van der Waals surface area (Å²) in [4.78, 5) is 16.0. The van der Waals surface area contributed by atoms with Crippen LogP contribution in [0.1, 0.15) is 16.7 Å². The molecule has 2 heterocycles. The van der Waals surface area contributed by atoms with Crippen molar-refractivity contribution in [1.29, 1.82) is 0 Å². The van der Waals surface area contributed by atoms with Crippen molar-refractivity contribution in [2.24, 2.45) is 0 Å². The van der Waals surface area contributed by atoms with Gasteiger partial charge in [0.05, 0.1) is 24.4 Å². The van der Waals surface area contributed by atoms with Crippen LogP contribution in [0.15, 0.2) is 76.4 Å². The Morgan fingerprint density at radius 1 is 1.03 bits per heavy atom. The monoisotopic (exact) mass is 520 g/mol. The zero-order valence-corrected chi connectivity index (χ0v) is 21.4. The highest BCUT2D eigenvalue weighted by Crippen LogP contribution is 2.29. The number of aryl methyl sites for hydroxylation is 1. The number of nitrogens with one attached hydrogen (secondary N) is 1. The van der Waals surface area contributed by atoms with Crippen molar-refractivity contribution in [3.8, 4) is 5.75 Å². The fraction of sp³-hybridized carbons (Fsp3) is 0.192. The molecule has 0 bridgehead atoms. The molecule has 36 heavy (non-hydrogen) atoms. The van der Waals surface area contributed by atoms with Crippen LogP contribution in [0.25, 0.3) is 21.9 Å². The Hall–Kier alpha value is -3.60. The third-order valence-electron chi connectivity index (χ3n) is 6.15. The SMILES string of the molecule is COc1ccc2cc(CN(CCc3ccccc3)S(=O)(=O)c3c(C)ccc4nsnc34)c(=O)[nH]c2c1. The number of H-pyrrole nitrogens is 1. The molecule has 1 N–H and O–H groups in total. The molecule has 0 saturated heterocycles. The maximum atomic E-state index is 14.1. The fourth-order valence-corrected chi connectivity index (χ4v) is 6.59. The van der Waals surface area contributed by atoms with Gasteiger partial charge in [0.25, 0.3) is 5.56 Å². The molecule has 0 atom stereocenters. The fourth-order valence-electron chi connectivity index (χ4n) is 4.23. The minimum atomic E-state index is -4.01. The van der Waals surface area contributed by atoms with Gasteiger partial charge in [-0.05, 0) is 54.1 Å². The molecule has 0 unspecified atom stereocenters. The van der Waals surface area contributed by atoms with Crippen LogP contribution >= 0.6 is 11.7 Å². The second-order valence-corrected chi connectivity index (χ2v) is 10.9. The van der Waals surface area contributed by atoms with Crippen LogP contribution in [0.4, 0.5) is 0 Å². The number of nitrogens with zero attached hydrogens (tertiary/aromatic N) is 3. The van der Waals surface area contributed by atoms with Gasteiger partial charge in [0.2, 0.25) is 10.0 Å². The van der Waals surface area contributed by atoms with Gasteiger partial charge in [-0.3, -0.25) is 4.79 Å². The Labute approximate surface area is 212 Å². The summed E-state index contributed by atoms with van der Waals surface area (Å²) >= 11 is 0.976. The number of aromatic nitrogens is 3. The maximum Gasteiger partial charge on any atom is 0.252 e. The maximum absolute atomic E-state index is 14.1. The van der Waals surface area contributed by atoms with E-state index in [-0.39, 0.29) is 23.5 Å². The Kier molecular flexibility index (Phi) is 6.57. The molecule has 10 heteroatoms. The van der Waals surface area contributed by atoms with Crippen molar-refractivity contribution in [2.75, 3.05) is 13.7 Å². The van der Waals surface area contributed by atoms with Crippen molar-refractivity contribution in [2.45, 2.75) is 24.8 Å². The summed E-state index contributed by atoms with van der Waals surface area (Å²) in [6.45, 7) is 1.86. The van der Waals surface area contributed by atoms with Crippen LogP contribution in [-0.2, 0) is 23.0 Å². The Balaban J connectivity index is 1.58. The van der Waals surface area contributed by atoms with Crippen LogP contribution in [-0.4, -0.2) is 40.1 Å². The first-order chi connectivity index (χ1) is 17.4. The highest BCUT2D eigenvalue weighted by atomic mass is 32.2. The number of rotatable bonds is 8. The molecule has 3 aromatic carbocycles. The van der Waals surface area contributed by atoms with Crippen molar-refractivity contribution >= 4 is 43.7 Å². The third-order valence-corrected chi connectivity index (χ3v) is 8.71. The lowest BCUT2D eigenvalue weighted by Gasteiger charge is -2.23. The van der Waals surface area contributed by atoms with Gasteiger partial charge in [0, 0.05) is 24.7 Å². The molecular formula is C26H24N4O4S2. The summed E-state index contributed by atoms with van der Waals surface area (Å²) in [7, 11) is -2.45. The molecule has 0 aliphatic heterocycles. The molecule has 0 aliphatic carbocycles. The van der Waals surface area contributed by atoms with Gasteiger partial charge in [0.1, 0.15) is 21.7 Å². The van der Waals surface area contributed by atoms with Gasteiger partial charge < -0.3 is 9.72 Å². The van der Waals surface area contributed by atoms with E-state index in [4.69, 9.17) is 4.74 Å². The van der Waals surface area contributed by atoms with Gasteiger partial charge in [-0.15, -0.1) is 0 Å². The minimum Gasteiger partial charge on any atom is -0.497 e. The first-order valence-electron chi connectivity index (χ1n) is 11.3. The smallest absolute Gasteiger partial charge is 0.252 e. The highest BCUT2D eigenvalue weighted by molar-refractivity contribution is 7.89. The number of ether oxygens (including phenoxy) is 1. The van der Waals surface area contributed by atoms with Crippen LogP contribution in [0.3, 0.4) is 0 Å². The summed E-state index contributed by atoms with van der Waals surface area (Å²) in [6, 6.07) is 20.3. The predicted octanol–water partition coefficient (Wildman–Crippen LogP) is 4.28. The Morgan fingerprint density at radius 2 is 1.83 bits per heavy atom. The zero-order valence-electron chi connectivity index (χ0n) is 19.8. The van der Waals surface area contributed by atoms with Crippen LogP contribution < -0.4 is 10.3 Å². The molecule has 0 aliphatic rings. The molecule has 0 spiro atoms. The molecule has 0 radical (unpaired) electrons. The average molecular weight is 521 g/mol. The number of sulfonamides is 1. The van der Waals surface area contributed by atoms with E-state index >= 15 is 0 Å². The van der Waals surface area contributed by atoms with Gasteiger partial charge in [0.15, 0.2) is 0 Å². The normalized spacial score (nSPS) is 12.0. The topological polar surface area (TPSA) is 105 Å². The number of hydrogen-bond donors (Lipinski definition) is 1. The second-order valence-electron chi connectivity index (χ2n) is 8.49. The highest BCUT2D eigenvalue weighted by Gasteiger charge is 2.30. The molecule has 5 rings (SSSR count). The van der Waals surface area contributed by atoms with E-state index in [1.807, 2.05) is 36.4 Å². The summed E-state index contributed by atoms with van der Waals surface area (Å²) in [6.07, 6.45) is 0.493. The average Bonchev–Trinajstić information content (AvgIpc) is 3.35. The zero-order chi connectivity index (χ0) is 25.3. The first-order valence-corrected chi connectivity index (χ1v) is 13.5. The summed E-state index contributed by atoms with van der Waals surface area (Å²) in [5.74, 6) is 0.624. The van der Waals surface area contributed by atoms with E-state index in [0.717, 1.165) is 22.7 Å². The van der Waals surface area contributed by atoms with Crippen LogP contribution in [0, 0.1) is 6.92 Å². The molecular weight excluding hydrogens is 496 g/mol. The second kappa shape index (κ2) is 9.81. The molecule has 5 aromatic rings. The summed E-state index contributed by atoms with van der Waals surface area (Å²) in [5.41, 5.74) is 3.10. The quantitative estimate of drug-likeness (QED) is 0.327. The standard InChI is InChI=1S/C26H24N4O4S2/c1-17-8-11-22-24(29-35-28-22)25(17)36(32,33)30(13-12-18-6-4-3-5-7-18)16-20-14-19-9-10-21(34-2)15-23(19)27-26(20)31/h3-11,14-15H,12-13,16H2,1-2H3,(H,27,31). The van der Waals surface area contributed by atoms with E-state index in [1.165, 1.54) is 4.31 Å². The van der Waals surface area contributed by atoms with Crippen molar-refractivity contribution in [1.82, 2.24) is 18.0 Å². The van der Waals surface area contributed by atoms with Gasteiger partial charge in [-0.25, -0.2) is 8.42 Å². The summed E-state index contributed by atoms with van der Waals surface area (Å²) < 4.78 is 43.3. The first kappa shape index (κ1) is 24.1. The number of hydrogen-bond acceptors (Lipinski definition) is 7.